The van der Waals surface area contributed by atoms with E-state index in [1.807, 2.05) is 18.2 Å². The summed E-state index contributed by atoms with van der Waals surface area (Å²) in [5.74, 6) is 0.469. The van der Waals surface area contributed by atoms with E-state index in [0.29, 0.717) is 36.7 Å². The molecule has 0 aliphatic carbocycles. The van der Waals surface area contributed by atoms with Crippen molar-refractivity contribution in [3.05, 3.63) is 65.7 Å². The molecular formula is C28H42O6Si. The van der Waals surface area contributed by atoms with E-state index >= 15 is 0 Å². The molecule has 194 valence electrons. The molecule has 0 aliphatic heterocycles. The Hall–Kier alpha value is -2.03. The van der Waals surface area contributed by atoms with Crippen molar-refractivity contribution in [1.29, 1.82) is 0 Å². The number of aliphatic hydroxyl groups excluding tert-OH is 1. The van der Waals surface area contributed by atoms with Crippen LogP contribution < -0.4 is 4.74 Å². The molecule has 35 heavy (non-hydrogen) atoms. The second-order valence-corrected chi connectivity index (χ2v) is 11.4. The summed E-state index contributed by atoms with van der Waals surface area (Å²) in [6, 6.07) is 16.1. The number of rotatable bonds is 18. The van der Waals surface area contributed by atoms with Crippen molar-refractivity contribution >= 4 is 14.6 Å². The molecule has 2 unspecified atom stereocenters. The van der Waals surface area contributed by atoms with Crippen LogP contribution in [0.5, 0.6) is 5.75 Å². The van der Waals surface area contributed by atoms with Crippen molar-refractivity contribution in [2.75, 3.05) is 19.8 Å². The van der Waals surface area contributed by atoms with E-state index in [4.69, 9.17) is 18.0 Å². The number of ether oxygens (including phenoxy) is 1. The number of aliphatic hydroxyl groups is 1. The van der Waals surface area contributed by atoms with Gasteiger partial charge in [-0.2, -0.15) is 0 Å². The van der Waals surface area contributed by atoms with Crippen LogP contribution in [0.4, 0.5) is 0 Å². The lowest BCUT2D eigenvalue weighted by molar-refractivity contribution is -0.0168. The van der Waals surface area contributed by atoms with E-state index in [1.54, 1.807) is 43.3 Å². The molecule has 0 heterocycles. The second-order valence-electron chi connectivity index (χ2n) is 8.71. The van der Waals surface area contributed by atoms with Crippen LogP contribution in [0.15, 0.2) is 54.6 Å². The van der Waals surface area contributed by atoms with Crippen molar-refractivity contribution in [2.24, 2.45) is 0 Å². The number of carbonyl (C=O) groups excluding carboxylic acids is 1. The van der Waals surface area contributed by atoms with E-state index in [2.05, 4.69) is 20.8 Å². The summed E-state index contributed by atoms with van der Waals surface area (Å²) in [7, 11) is -3.41. The van der Waals surface area contributed by atoms with Gasteiger partial charge in [-0.3, -0.25) is 4.79 Å². The van der Waals surface area contributed by atoms with Crippen LogP contribution in [-0.2, 0) is 13.3 Å². The van der Waals surface area contributed by atoms with Crippen molar-refractivity contribution in [2.45, 2.75) is 78.1 Å². The number of unbranched alkanes of at least 4 members (excludes halogenated alkanes) is 3. The number of hydrogen-bond donors (Lipinski definition) is 1. The maximum atomic E-state index is 12.8. The van der Waals surface area contributed by atoms with Gasteiger partial charge in [0.25, 0.3) is 0 Å². The quantitative estimate of drug-likeness (QED) is 0.154. The lowest BCUT2D eigenvalue weighted by atomic mass is 10.0. The van der Waals surface area contributed by atoms with Gasteiger partial charge in [-0.25, -0.2) is 0 Å². The first kappa shape index (κ1) is 29.2. The Balaban J connectivity index is 2.28. The summed E-state index contributed by atoms with van der Waals surface area (Å²) >= 11 is 0. The Morgan fingerprint density at radius 3 is 1.66 bits per heavy atom. The summed E-state index contributed by atoms with van der Waals surface area (Å²) in [4.78, 5) is 12.8. The molecule has 0 aliphatic rings. The topological polar surface area (TPSA) is 74.2 Å². The summed E-state index contributed by atoms with van der Waals surface area (Å²) in [5.41, 5.74) is 0.411. The number of carbonyl (C=O) groups is 1. The molecule has 0 aromatic heterocycles. The smallest absolute Gasteiger partial charge is 0.483 e. The zero-order chi connectivity index (χ0) is 25.5. The van der Waals surface area contributed by atoms with Gasteiger partial charge in [0.2, 0.25) is 0 Å². The lowest BCUT2D eigenvalue weighted by Gasteiger charge is -2.37. The minimum atomic E-state index is -3.41. The average molecular weight is 503 g/mol. The van der Waals surface area contributed by atoms with E-state index in [0.717, 1.165) is 38.5 Å². The summed E-state index contributed by atoms with van der Waals surface area (Å²) in [6.07, 6.45) is 4.66. The van der Waals surface area contributed by atoms with Crippen molar-refractivity contribution in [3.8, 4) is 5.75 Å². The van der Waals surface area contributed by atoms with Crippen LogP contribution in [0.1, 0.15) is 82.1 Å². The first-order valence-electron chi connectivity index (χ1n) is 12.9. The van der Waals surface area contributed by atoms with Gasteiger partial charge >= 0.3 is 8.80 Å². The molecule has 0 fully saturated rings. The van der Waals surface area contributed by atoms with E-state index < -0.39 is 20.6 Å². The van der Waals surface area contributed by atoms with Crippen molar-refractivity contribution < 1.29 is 27.9 Å². The minimum absolute atomic E-state index is 0.0540. The molecule has 2 atom stereocenters. The van der Waals surface area contributed by atoms with Crippen LogP contribution in [-0.4, -0.2) is 51.3 Å². The molecule has 6 nitrogen and oxygen atoms in total. The minimum Gasteiger partial charge on any atom is -0.483 e. The fourth-order valence-electron chi connectivity index (χ4n) is 3.50. The average Bonchev–Trinajstić information content (AvgIpc) is 2.87. The monoisotopic (exact) mass is 502 g/mol. The summed E-state index contributed by atoms with van der Waals surface area (Å²) in [6.45, 7) is 9.43. The lowest BCUT2D eigenvalue weighted by Crippen LogP contribution is -2.63. The number of ketones is 1. The van der Waals surface area contributed by atoms with Gasteiger partial charge in [0.05, 0.1) is 6.10 Å². The predicted molar refractivity (Wildman–Crippen MR) is 141 cm³/mol. The zero-order valence-corrected chi connectivity index (χ0v) is 22.7. The Morgan fingerprint density at radius 2 is 1.23 bits per heavy atom. The highest BCUT2D eigenvalue weighted by Crippen LogP contribution is 2.26. The Kier molecular flexibility index (Phi) is 13.2. The summed E-state index contributed by atoms with van der Waals surface area (Å²) in [5, 5.41) is 10.8. The SMILES string of the molecule is CCCCO[Si](OCCCC)(OCCCC)C(Oc1ccc(C(=O)c2ccccc2)cc1)C(C)O. The normalized spacial score (nSPS) is 13.4. The first-order valence-corrected chi connectivity index (χ1v) is 14.7. The van der Waals surface area contributed by atoms with Gasteiger partial charge in [0.1, 0.15) is 5.75 Å². The van der Waals surface area contributed by atoms with Crippen LogP contribution in [0.2, 0.25) is 0 Å². The number of benzene rings is 2. The first-order chi connectivity index (χ1) is 17.0. The fourth-order valence-corrected chi connectivity index (χ4v) is 6.40. The Bertz CT molecular complexity index is 814. The molecule has 0 bridgehead atoms. The molecule has 2 rings (SSSR count). The molecule has 2 aromatic rings. The highest BCUT2D eigenvalue weighted by Gasteiger charge is 2.54. The van der Waals surface area contributed by atoms with E-state index in [9.17, 15) is 9.90 Å². The fraction of sp³-hybridized carbons (Fsp3) is 0.536. The molecule has 1 N–H and O–H groups in total. The molecule has 2 aromatic carbocycles. The molecule has 0 saturated heterocycles. The third kappa shape index (κ3) is 9.16. The second kappa shape index (κ2) is 15.9. The number of hydrogen-bond acceptors (Lipinski definition) is 6. The zero-order valence-electron chi connectivity index (χ0n) is 21.7. The molecular weight excluding hydrogens is 460 g/mol. The van der Waals surface area contributed by atoms with Crippen LogP contribution in [0.3, 0.4) is 0 Å². The van der Waals surface area contributed by atoms with Gasteiger partial charge in [0, 0.05) is 30.9 Å². The highest BCUT2D eigenvalue weighted by atomic mass is 28.4. The Morgan fingerprint density at radius 1 is 0.771 bits per heavy atom. The van der Waals surface area contributed by atoms with Crippen molar-refractivity contribution in [1.82, 2.24) is 0 Å². The van der Waals surface area contributed by atoms with Crippen LogP contribution >= 0.6 is 0 Å². The predicted octanol–water partition coefficient (Wildman–Crippen LogP) is 5.97. The van der Waals surface area contributed by atoms with E-state index in [1.165, 1.54) is 0 Å². The van der Waals surface area contributed by atoms with Gasteiger partial charge in [0.15, 0.2) is 11.5 Å². The Labute approximate surface area is 211 Å². The van der Waals surface area contributed by atoms with Gasteiger partial charge in [-0.15, -0.1) is 0 Å². The van der Waals surface area contributed by atoms with E-state index in [-0.39, 0.29) is 5.78 Å². The van der Waals surface area contributed by atoms with Crippen LogP contribution in [0, 0.1) is 0 Å². The summed E-state index contributed by atoms with van der Waals surface area (Å²) < 4.78 is 25.3. The molecule has 0 radical (unpaired) electrons. The van der Waals surface area contributed by atoms with Gasteiger partial charge in [-0.1, -0.05) is 70.4 Å². The third-order valence-corrected chi connectivity index (χ3v) is 8.72. The maximum absolute atomic E-state index is 12.8. The largest absolute Gasteiger partial charge is 0.546 e. The molecule has 7 heteroatoms. The van der Waals surface area contributed by atoms with Crippen molar-refractivity contribution in [3.63, 3.8) is 0 Å². The van der Waals surface area contributed by atoms with Gasteiger partial charge in [-0.05, 0) is 50.5 Å². The van der Waals surface area contributed by atoms with Gasteiger partial charge < -0.3 is 23.1 Å². The molecule has 0 amide bonds. The third-order valence-electron chi connectivity index (χ3n) is 5.61. The molecule has 0 spiro atoms. The van der Waals surface area contributed by atoms with Crippen LogP contribution in [0.25, 0.3) is 0 Å². The maximum Gasteiger partial charge on any atom is 0.546 e. The highest BCUT2D eigenvalue weighted by molar-refractivity contribution is 6.62. The molecule has 0 saturated carbocycles. The standard InChI is InChI=1S/C28H42O6Si/c1-5-8-20-31-35(32-21-9-6-2,33-22-10-7-3)28(23(4)29)34-26-18-16-25(17-19-26)27(30)24-14-12-11-13-15-24/h11-19,23,28-29H,5-10,20-22H2,1-4H3.